The van der Waals surface area contributed by atoms with E-state index < -0.39 is 28.3 Å². The molecule has 7 heteroatoms. The highest BCUT2D eigenvalue weighted by Gasteiger charge is 2.13. The van der Waals surface area contributed by atoms with Crippen LogP contribution in [0.1, 0.15) is 0 Å². The standard InChI is InChI=1S/C8H9FN2O3S/c9-6-1-3-7(4-2-6)15(13,14)11-5-8(10)12/h1-4,11H,5H2,(H2,10,12). The van der Waals surface area contributed by atoms with Gasteiger partial charge >= 0.3 is 0 Å². The van der Waals surface area contributed by atoms with E-state index in [0.717, 1.165) is 24.3 Å². The lowest BCUT2D eigenvalue weighted by molar-refractivity contribution is -0.116. The van der Waals surface area contributed by atoms with E-state index in [-0.39, 0.29) is 4.90 Å². The first-order valence-corrected chi connectivity index (χ1v) is 5.44. The highest BCUT2D eigenvalue weighted by atomic mass is 32.2. The number of hydrogen-bond donors (Lipinski definition) is 2. The topological polar surface area (TPSA) is 89.3 Å². The van der Waals surface area contributed by atoms with Crippen LogP contribution in [0.2, 0.25) is 0 Å². The molecular formula is C8H9FN2O3S. The summed E-state index contributed by atoms with van der Waals surface area (Å²) in [4.78, 5) is 10.2. The number of hydrogen-bond acceptors (Lipinski definition) is 3. The maximum atomic E-state index is 12.5. The lowest BCUT2D eigenvalue weighted by atomic mass is 10.4. The first-order chi connectivity index (χ1) is 6.92. The Bertz CT molecular complexity index is 455. The fourth-order valence-electron chi connectivity index (χ4n) is 0.863. The molecule has 0 bridgehead atoms. The molecule has 1 amide bonds. The second kappa shape index (κ2) is 4.37. The Labute approximate surface area is 86.1 Å². The van der Waals surface area contributed by atoms with E-state index >= 15 is 0 Å². The van der Waals surface area contributed by atoms with Crippen molar-refractivity contribution in [2.24, 2.45) is 5.73 Å². The minimum atomic E-state index is -3.79. The van der Waals surface area contributed by atoms with Crippen LogP contribution in [-0.4, -0.2) is 20.9 Å². The van der Waals surface area contributed by atoms with E-state index in [9.17, 15) is 17.6 Å². The molecule has 1 aromatic rings. The Morgan fingerprint density at radius 2 is 1.87 bits per heavy atom. The minimum Gasteiger partial charge on any atom is -0.369 e. The van der Waals surface area contributed by atoms with Crippen molar-refractivity contribution in [1.82, 2.24) is 4.72 Å². The molecule has 82 valence electrons. The Morgan fingerprint density at radius 1 is 1.33 bits per heavy atom. The number of benzene rings is 1. The third kappa shape index (κ3) is 3.30. The highest BCUT2D eigenvalue weighted by Crippen LogP contribution is 2.08. The second-order valence-electron chi connectivity index (χ2n) is 2.74. The fraction of sp³-hybridized carbons (Fsp3) is 0.125. The zero-order chi connectivity index (χ0) is 11.5. The summed E-state index contributed by atoms with van der Waals surface area (Å²) in [5.74, 6) is -1.33. The monoisotopic (exact) mass is 232 g/mol. The normalized spacial score (nSPS) is 11.3. The number of sulfonamides is 1. The largest absolute Gasteiger partial charge is 0.369 e. The molecule has 0 saturated heterocycles. The van der Waals surface area contributed by atoms with Gasteiger partial charge in [-0.15, -0.1) is 0 Å². The quantitative estimate of drug-likeness (QED) is 0.739. The molecule has 0 heterocycles. The summed E-state index contributed by atoms with van der Waals surface area (Å²) in [5.41, 5.74) is 4.78. The average molecular weight is 232 g/mol. The van der Waals surface area contributed by atoms with E-state index in [1.807, 2.05) is 4.72 Å². The molecule has 0 fully saturated rings. The summed E-state index contributed by atoms with van der Waals surface area (Å²) in [6.07, 6.45) is 0. The van der Waals surface area contributed by atoms with Gasteiger partial charge in [0.05, 0.1) is 11.4 Å². The molecule has 0 spiro atoms. The van der Waals surface area contributed by atoms with E-state index in [4.69, 9.17) is 5.73 Å². The molecule has 0 aliphatic heterocycles. The Kier molecular flexibility index (Phi) is 3.38. The molecule has 0 radical (unpaired) electrons. The molecule has 0 aliphatic carbocycles. The maximum absolute atomic E-state index is 12.5. The zero-order valence-electron chi connectivity index (χ0n) is 7.60. The third-order valence-corrected chi connectivity index (χ3v) is 2.98. The lowest BCUT2D eigenvalue weighted by Crippen LogP contribution is -2.33. The van der Waals surface area contributed by atoms with Gasteiger partial charge in [0.2, 0.25) is 15.9 Å². The van der Waals surface area contributed by atoms with Gasteiger partial charge in [-0.05, 0) is 24.3 Å². The number of nitrogens with one attached hydrogen (secondary N) is 1. The van der Waals surface area contributed by atoms with Gasteiger partial charge in [-0.3, -0.25) is 4.79 Å². The van der Waals surface area contributed by atoms with Gasteiger partial charge in [0.25, 0.3) is 0 Å². The van der Waals surface area contributed by atoms with Gasteiger partial charge in [0.1, 0.15) is 5.82 Å². The van der Waals surface area contributed by atoms with Crippen molar-refractivity contribution < 1.29 is 17.6 Å². The van der Waals surface area contributed by atoms with Crippen molar-refractivity contribution in [3.05, 3.63) is 30.1 Å². The molecule has 1 aromatic carbocycles. The third-order valence-electron chi connectivity index (χ3n) is 1.56. The van der Waals surface area contributed by atoms with Gasteiger partial charge in [-0.2, -0.15) is 0 Å². The molecule has 3 N–H and O–H groups in total. The van der Waals surface area contributed by atoms with Gasteiger partial charge < -0.3 is 5.73 Å². The van der Waals surface area contributed by atoms with E-state index in [0.29, 0.717) is 0 Å². The molecule has 1 rings (SSSR count). The second-order valence-corrected chi connectivity index (χ2v) is 4.51. The predicted molar refractivity (Wildman–Crippen MR) is 50.8 cm³/mol. The SMILES string of the molecule is NC(=O)CNS(=O)(=O)c1ccc(F)cc1. The van der Waals surface area contributed by atoms with E-state index in [2.05, 4.69) is 0 Å². The van der Waals surface area contributed by atoms with Crippen LogP contribution in [0.3, 0.4) is 0 Å². The van der Waals surface area contributed by atoms with Gasteiger partial charge in [0, 0.05) is 0 Å². The molecule has 0 aromatic heterocycles. The van der Waals surface area contributed by atoms with Crippen molar-refractivity contribution in [1.29, 1.82) is 0 Å². The lowest BCUT2D eigenvalue weighted by Gasteiger charge is -2.04. The Hall–Kier alpha value is -1.47. The van der Waals surface area contributed by atoms with Gasteiger partial charge in [-0.25, -0.2) is 17.5 Å². The van der Waals surface area contributed by atoms with E-state index in [1.165, 1.54) is 0 Å². The van der Waals surface area contributed by atoms with Gasteiger partial charge in [-0.1, -0.05) is 0 Å². The Morgan fingerprint density at radius 3 is 2.33 bits per heavy atom. The summed E-state index contributed by atoms with van der Waals surface area (Å²) in [7, 11) is -3.79. The van der Waals surface area contributed by atoms with Crippen molar-refractivity contribution in [2.45, 2.75) is 4.90 Å². The highest BCUT2D eigenvalue weighted by molar-refractivity contribution is 7.89. The molecule has 5 nitrogen and oxygen atoms in total. The molecule has 0 aliphatic rings. The fourth-order valence-corrected chi connectivity index (χ4v) is 1.86. The van der Waals surface area contributed by atoms with Crippen molar-refractivity contribution >= 4 is 15.9 Å². The minimum absolute atomic E-state index is 0.120. The molecule has 15 heavy (non-hydrogen) atoms. The van der Waals surface area contributed by atoms with Crippen molar-refractivity contribution in [2.75, 3.05) is 6.54 Å². The number of rotatable bonds is 4. The maximum Gasteiger partial charge on any atom is 0.241 e. The number of halogens is 1. The molecule has 0 atom stereocenters. The first kappa shape index (κ1) is 11.6. The number of carbonyl (C=O) groups is 1. The van der Waals surface area contributed by atoms with Crippen LogP contribution in [-0.2, 0) is 14.8 Å². The van der Waals surface area contributed by atoms with Crippen LogP contribution in [0, 0.1) is 5.82 Å². The first-order valence-electron chi connectivity index (χ1n) is 3.95. The zero-order valence-corrected chi connectivity index (χ0v) is 8.42. The summed E-state index contributed by atoms with van der Waals surface area (Å²) in [6, 6.07) is 4.22. The van der Waals surface area contributed by atoms with Crippen molar-refractivity contribution in [3.63, 3.8) is 0 Å². The number of carbonyl (C=O) groups excluding carboxylic acids is 1. The molecular weight excluding hydrogens is 223 g/mol. The van der Waals surface area contributed by atoms with Crippen molar-refractivity contribution in [3.8, 4) is 0 Å². The summed E-state index contributed by atoms with van der Waals surface area (Å²) in [6.45, 7) is -0.486. The molecule has 0 saturated carbocycles. The van der Waals surface area contributed by atoms with Crippen LogP contribution < -0.4 is 10.5 Å². The predicted octanol–water partition coefficient (Wildman–Crippen LogP) is -0.411. The summed E-state index contributed by atoms with van der Waals surface area (Å²) >= 11 is 0. The van der Waals surface area contributed by atoms with Gasteiger partial charge in [0.15, 0.2) is 0 Å². The van der Waals surface area contributed by atoms with Crippen LogP contribution >= 0.6 is 0 Å². The van der Waals surface area contributed by atoms with Crippen LogP contribution in [0.5, 0.6) is 0 Å². The Balaban J connectivity index is 2.87. The summed E-state index contributed by atoms with van der Waals surface area (Å²) in [5, 5.41) is 0. The summed E-state index contributed by atoms with van der Waals surface area (Å²) < 4.78 is 37.3. The number of amides is 1. The van der Waals surface area contributed by atoms with Crippen LogP contribution in [0.15, 0.2) is 29.2 Å². The smallest absolute Gasteiger partial charge is 0.241 e. The van der Waals surface area contributed by atoms with Crippen LogP contribution in [0.25, 0.3) is 0 Å². The molecule has 0 unspecified atom stereocenters. The van der Waals surface area contributed by atoms with Crippen LogP contribution in [0.4, 0.5) is 4.39 Å². The average Bonchev–Trinajstić information content (AvgIpc) is 2.16. The number of primary amides is 1. The van der Waals surface area contributed by atoms with E-state index in [1.54, 1.807) is 0 Å². The number of nitrogens with two attached hydrogens (primary N) is 1.